The minimum atomic E-state index is -0.577. The number of nitrogens with one attached hydrogen (secondary N) is 1. The van der Waals surface area contributed by atoms with Crippen molar-refractivity contribution >= 4 is 45.2 Å². The number of fused-ring (bicyclic) bond motifs is 1. The second kappa shape index (κ2) is 7.57. The molecular weight excluding hydrogens is 416 g/mol. The van der Waals surface area contributed by atoms with Crippen LogP contribution >= 0.6 is 22.9 Å². The lowest BCUT2D eigenvalue weighted by Crippen LogP contribution is -2.12. The van der Waals surface area contributed by atoms with Crippen LogP contribution in [0.5, 0.6) is 0 Å². The Balaban J connectivity index is 1.62. The molecule has 4 aromatic rings. The summed E-state index contributed by atoms with van der Waals surface area (Å²) in [6, 6.07) is 10.9. The Hall–Kier alpha value is -3.37. The molecule has 0 bridgehead atoms. The van der Waals surface area contributed by atoms with Gasteiger partial charge in [0.1, 0.15) is 5.01 Å². The van der Waals surface area contributed by atoms with Gasteiger partial charge in [0.15, 0.2) is 5.82 Å². The van der Waals surface area contributed by atoms with E-state index < -0.39 is 10.8 Å². The molecule has 0 aliphatic heterocycles. The number of rotatable bonds is 5. The number of hydrogen-bond acceptors (Lipinski definition) is 7. The molecule has 1 amide bonds. The average Bonchev–Trinajstić information content (AvgIpc) is 3.29. The number of nitro benzene ring substituents is 1. The molecule has 2 heterocycles. The zero-order valence-corrected chi connectivity index (χ0v) is 16.6. The third-order valence-corrected chi connectivity index (χ3v) is 5.42. The first-order valence-corrected chi connectivity index (χ1v) is 9.72. The lowest BCUT2D eigenvalue weighted by molar-refractivity contribution is -0.384. The van der Waals surface area contributed by atoms with E-state index in [1.54, 1.807) is 22.7 Å². The number of anilines is 1. The normalized spacial score (nSPS) is 11.0. The van der Waals surface area contributed by atoms with Crippen molar-refractivity contribution in [3.05, 3.63) is 69.0 Å². The quantitative estimate of drug-likeness (QED) is 0.375. The number of non-ortho nitro benzene ring substituents is 1. The number of aryl methyl sites for hydroxylation is 1. The van der Waals surface area contributed by atoms with E-state index in [1.807, 2.05) is 13.0 Å². The molecule has 29 heavy (non-hydrogen) atoms. The number of aromatic nitrogens is 4. The second-order valence-corrected chi connectivity index (χ2v) is 7.39. The van der Waals surface area contributed by atoms with Gasteiger partial charge in [0.25, 0.3) is 11.6 Å². The largest absolute Gasteiger partial charge is 0.322 e. The topological polar surface area (TPSA) is 115 Å². The predicted octanol–water partition coefficient (Wildman–Crippen LogP) is 4.23. The molecule has 2 aromatic heterocycles. The first-order chi connectivity index (χ1) is 14.0. The van der Waals surface area contributed by atoms with Crippen molar-refractivity contribution in [2.24, 2.45) is 0 Å². The molecule has 0 fully saturated rings. The molecule has 11 heteroatoms. The van der Waals surface area contributed by atoms with Crippen LogP contribution in [0.15, 0.2) is 42.5 Å². The number of amides is 1. The van der Waals surface area contributed by atoms with E-state index in [1.165, 1.54) is 23.5 Å². The van der Waals surface area contributed by atoms with Crippen LogP contribution < -0.4 is 5.32 Å². The maximum Gasteiger partial charge on any atom is 0.270 e. The van der Waals surface area contributed by atoms with Gasteiger partial charge in [0.05, 0.1) is 15.5 Å². The van der Waals surface area contributed by atoms with Crippen LogP contribution in [0.2, 0.25) is 5.02 Å². The molecule has 0 spiro atoms. The third-order valence-electron chi connectivity index (χ3n) is 4.14. The van der Waals surface area contributed by atoms with Crippen LogP contribution in [0, 0.1) is 10.1 Å². The molecule has 0 saturated carbocycles. The van der Waals surface area contributed by atoms with Crippen LogP contribution in [0.4, 0.5) is 11.4 Å². The van der Waals surface area contributed by atoms with Gasteiger partial charge in [-0.1, -0.05) is 42.0 Å². The Morgan fingerprint density at radius 2 is 2.10 bits per heavy atom. The number of nitrogens with zero attached hydrogens (tertiary/aromatic N) is 5. The summed E-state index contributed by atoms with van der Waals surface area (Å²) in [5.41, 5.74) is 1.12. The highest BCUT2D eigenvalue weighted by molar-refractivity contribution is 7.19. The van der Waals surface area contributed by atoms with E-state index in [4.69, 9.17) is 11.6 Å². The Bertz CT molecular complexity index is 1250. The molecule has 4 rings (SSSR count). The number of carbonyl (C=O) groups excluding carboxylic acids is 1. The van der Waals surface area contributed by atoms with Gasteiger partial charge < -0.3 is 5.32 Å². The Morgan fingerprint density at radius 1 is 1.28 bits per heavy atom. The lowest BCUT2D eigenvalue weighted by Gasteiger charge is -2.08. The first kappa shape index (κ1) is 19.0. The summed E-state index contributed by atoms with van der Waals surface area (Å²) in [4.78, 5) is 23.7. The molecule has 0 radical (unpaired) electrons. The summed E-state index contributed by atoms with van der Waals surface area (Å²) in [7, 11) is 0. The molecule has 2 aromatic carbocycles. The van der Waals surface area contributed by atoms with Gasteiger partial charge in [-0.15, -0.1) is 10.2 Å². The van der Waals surface area contributed by atoms with Gasteiger partial charge in [-0.25, -0.2) is 0 Å². The van der Waals surface area contributed by atoms with Crippen molar-refractivity contribution in [3.8, 4) is 10.6 Å². The highest BCUT2D eigenvalue weighted by Crippen LogP contribution is 2.28. The Morgan fingerprint density at radius 3 is 2.86 bits per heavy atom. The molecular formula is C18H13ClN6O3S. The smallest absolute Gasteiger partial charge is 0.270 e. The van der Waals surface area contributed by atoms with E-state index in [-0.39, 0.29) is 16.3 Å². The van der Waals surface area contributed by atoms with Gasteiger partial charge in [-0.05, 0) is 18.2 Å². The van der Waals surface area contributed by atoms with E-state index in [0.717, 1.165) is 22.5 Å². The molecule has 0 atom stereocenters. The number of carbonyl (C=O) groups is 1. The number of nitro groups is 1. The summed E-state index contributed by atoms with van der Waals surface area (Å²) in [5.74, 6) is 0.231. The molecule has 1 N–H and O–H groups in total. The van der Waals surface area contributed by atoms with E-state index in [0.29, 0.717) is 17.1 Å². The van der Waals surface area contributed by atoms with Crippen LogP contribution in [-0.4, -0.2) is 30.6 Å². The Labute approximate surface area is 173 Å². The summed E-state index contributed by atoms with van der Waals surface area (Å²) in [6.45, 7) is 1.98. The minimum Gasteiger partial charge on any atom is -0.322 e. The Kier molecular flexibility index (Phi) is 4.95. The molecule has 0 unspecified atom stereocenters. The van der Waals surface area contributed by atoms with E-state index in [9.17, 15) is 14.9 Å². The molecule has 0 aliphatic carbocycles. The van der Waals surface area contributed by atoms with E-state index >= 15 is 0 Å². The lowest BCUT2D eigenvalue weighted by atomic mass is 10.1. The van der Waals surface area contributed by atoms with Crippen molar-refractivity contribution in [3.63, 3.8) is 0 Å². The standard InChI is InChI=1S/C18H13ClN6O3S/c1-2-15-21-22-18-24(15)23-17(29-18)10-4-3-5-11(8-10)20-16(26)13-9-12(25(27)28)6-7-14(13)19/h3-9H,2H2,1H3,(H,20,26). The maximum atomic E-state index is 12.6. The van der Waals surface area contributed by atoms with Gasteiger partial charge in [-0.2, -0.15) is 9.61 Å². The molecule has 9 nitrogen and oxygen atoms in total. The number of hydrogen-bond donors (Lipinski definition) is 1. The summed E-state index contributed by atoms with van der Waals surface area (Å²) in [6.07, 6.45) is 0.713. The monoisotopic (exact) mass is 428 g/mol. The second-order valence-electron chi connectivity index (χ2n) is 6.03. The summed E-state index contributed by atoms with van der Waals surface area (Å²) >= 11 is 7.43. The van der Waals surface area contributed by atoms with E-state index in [2.05, 4.69) is 20.6 Å². The van der Waals surface area contributed by atoms with Gasteiger partial charge in [0.2, 0.25) is 4.96 Å². The maximum absolute atomic E-state index is 12.6. The molecule has 146 valence electrons. The van der Waals surface area contributed by atoms with Crippen molar-refractivity contribution in [1.82, 2.24) is 19.8 Å². The number of benzene rings is 2. The van der Waals surface area contributed by atoms with Crippen molar-refractivity contribution in [2.75, 3.05) is 5.32 Å². The SMILES string of the molecule is CCc1nnc2sc(-c3cccc(NC(=O)c4cc([N+](=O)[O-])ccc4Cl)c3)nn12. The summed E-state index contributed by atoms with van der Waals surface area (Å²) in [5, 5.41) is 27.3. The van der Waals surface area contributed by atoms with Gasteiger partial charge in [0, 0.05) is 29.8 Å². The highest BCUT2D eigenvalue weighted by atomic mass is 35.5. The highest BCUT2D eigenvalue weighted by Gasteiger charge is 2.17. The average molecular weight is 429 g/mol. The van der Waals surface area contributed by atoms with Gasteiger partial charge >= 0.3 is 0 Å². The van der Waals surface area contributed by atoms with Gasteiger partial charge in [-0.3, -0.25) is 14.9 Å². The van der Waals surface area contributed by atoms with Crippen molar-refractivity contribution < 1.29 is 9.72 Å². The first-order valence-electron chi connectivity index (χ1n) is 8.53. The van der Waals surface area contributed by atoms with Crippen LogP contribution in [0.1, 0.15) is 23.1 Å². The van der Waals surface area contributed by atoms with Crippen molar-refractivity contribution in [2.45, 2.75) is 13.3 Å². The molecule has 0 saturated heterocycles. The predicted molar refractivity (Wildman–Crippen MR) is 110 cm³/mol. The third kappa shape index (κ3) is 3.67. The fourth-order valence-electron chi connectivity index (χ4n) is 2.72. The van der Waals surface area contributed by atoms with Crippen LogP contribution in [0.25, 0.3) is 15.5 Å². The fourth-order valence-corrected chi connectivity index (χ4v) is 3.78. The summed E-state index contributed by atoms with van der Waals surface area (Å²) < 4.78 is 1.70. The molecule has 0 aliphatic rings. The van der Waals surface area contributed by atoms with Crippen molar-refractivity contribution in [1.29, 1.82) is 0 Å². The minimum absolute atomic E-state index is 0.0256. The van der Waals surface area contributed by atoms with Crippen LogP contribution in [0.3, 0.4) is 0 Å². The zero-order valence-electron chi connectivity index (χ0n) is 15.0. The number of halogens is 1. The van der Waals surface area contributed by atoms with Crippen LogP contribution in [-0.2, 0) is 6.42 Å². The fraction of sp³-hybridized carbons (Fsp3) is 0.111. The zero-order chi connectivity index (χ0) is 20.5.